The number of pyridine rings is 1. The van der Waals surface area contributed by atoms with Crippen LogP contribution in [0.25, 0.3) is 5.65 Å². The Bertz CT molecular complexity index is 573. The minimum atomic E-state index is 0.497. The van der Waals surface area contributed by atoms with Gasteiger partial charge in [0.25, 0.3) is 0 Å². The molecule has 2 aromatic heterocycles. The monoisotopic (exact) mass is 261 g/mol. The molecule has 0 aliphatic carbocycles. The number of fused-ring (bicyclic) bond motifs is 1. The molecule has 0 radical (unpaired) electrons. The molecule has 1 N–H and O–H groups in total. The molecule has 0 amide bonds. The third-order valence-electron chi connectivity index (χ3n) is 3.68. The highest BCUT2D eigenvalue weighted by Gasteiger charge is 2.20. The van der Waals surface area contributed by atoms with Gasteiger partial charge in [-0.1, -0.05) is 0 Å². The third-order valence-corrected chi connectivity index (χ3v) is 3.68. The number of ether oxygens (including phenoxy) is 2. The molecule has 3 heterocycles. The Hall–Kier alpha value is -1.75. The molecule has 2 aromatic rings. The Morgan fingerprint density at radius 2 is 2.16 bits per heavy atom. The third kappa shape index (κ3) is 2.26. The summed E-state index contributed by atoms with van der Waals surface area (Å²) in [7, 11) is 3.58. The van der Waals surface area contributed by atoms with E-state index in [4.69, 9.17) is 14.5 Å². The molecular weight excluding hydrogens is 242 g/mol. The zero-order valence-electron chi connectivity index (χ0n) is 11.3. The fourth-order valence-corrected chi connectivity index (χ4v) is 2.56. The van der Waals surface area contributed by atoms with Gasteiger partial charge < -0.3 is 19.2 Å². The van der Waals surface area contributed by atoms with Crippen LogP contribution < -0.4 is 10.1 Å². The van der Waals surface area contributed by atoms with E-state index in [1.165, 1.54) is 0 Å². The van der Waals surface area contributed by atoms with Crippen LogP contribution in [0.3, 0.4) is 0 Å². The topological polar surface area (TPSA) is 47.8 Å². The molecule has 1 saturated heterocycles. The van der Waals surface area contributed by atoms with Gasteiger partial charge in [-0.25, -0.2) is 4.98 Å². The van der Waals surface area contributed by atoms with Gasteiger partial charge in [0.05, 0.1) is 18.5 Å². The quantitative estimate of drug-likeness (QED) is 0.921. The highest BCUT2D eigenvalue weighted by molar-refractivity contribution is 5.61. The Kier molecular flexibility index (Phi) is 3.29. The number of hydrogen-bond acceptors (Lipinski definition) is 4. The highest BCUT2D eigenvalue weighted by atomic mass is 16.5. The molecule has 0 saturated carbocycles. The van der Waals surface area contributed by atoms with Gasteiger partial charge in [-0.2, -0.15) is 0 Å². The van der Waals surface area contributed by atoms with Crippen molar-refractivity contribution >= 4 is 11.3 Å². The zero-order valence-corrected chi connectivity index (χ0v) is 11.3. The van der Waals surface area contributed by atoms with Crippen LogP contribution in [-0.2, 0) is 4.74 Å². The van der Waals surface area contributed by atoms with E-state index in [-0.39, 0.29) is 0 Å². The van der Waals surface area contributed by atoms with E-state index >= 15 is 0 Å². The lowest BCUT2D eigenvalue weighted by molar-refractivity contribution is 0.0846. The zero-order chi connectivity index (χ0) is 13.2. The molecule has 0 atom stereocenters. The van der Waals surface area contributed by atoms with E-state index in [2.05, 4.69) is 11.5 Å². The van der Waals surface area contributed by atoms with Crippen LogP contribution in [0.1, 0.15) is 24.5 Å². The molecule has 1 aliphatic rings. The van der Waals surface area contributed by atoms with E-state index in [1.807, 2.05) is 23.7 Å². The van der Waals surface area contributed by atoms with Crippen LogP contribution in [0, 0.1) is 0 Å². The Labute approximate surface area is 112 Å². The molecular formula is C14H19N3O2. The minimum Gasteiger partial charge on any atom is -0.493 e. The minimum absolute atomic E-state index is 0.497. The maximum absolute atomic E-state index is 5.42. The maximum atomic E-state index is 5.42. The van der Waals surface area contributed by atoms with Crippen molar-refractivity contribution < 1.29 is 9.47 Å². The molecule has 3 rings (SSSR count). The normalized spacial score (nSPS) is 16.7. The summed E-state index contributed by atoms with van der Waals surface area (Å²) >= 11 is 0. The molecule has 0 bridgehead atoms. The van der Waals surface area contributed by atoms with Crippen molar-refractivity contribution in [1.82, 2.24) is 9.38 Å². The Balaban J connectivity index is 2.03. The van der Waals surface area contributed by atoms with Crippen molar-refractivity contribution in [3.63, 3.8) is 0 Å². The number of nitrogens with zero attached hydrogens (tertiary/aromatic N) is 2. The van der Waals surface area contributed by atoms with Crippen molar-refractivity contribution in [2.45, 2.75) is 18.8 Å². The van der Waals surface area contributed by atoms with Crippen molar-refractivity contribution in [3.05, 3.63) is 24.2 Å². The average molecular weight is 261 g/mol. The maximum Gasteiger partial charge on any atom is 0.180 e. The second-order valence-electron chi connectivity index (χ2n) is 4.83. The molecule has 1 aliphatic heterocycles. The van der Waals surface area contributed by atoms with Crippen molar-refractivity contribution in [1.29, 1.82) is 0 Å². The van der Waals surface area contributed by atoms with Gasteiger partial charge in [0.1, 0.15) is 0 Å². The van der Waals surface area contributed by atoms with Crippen LogP contribution in [-0.4, -0.2) is 36.8 Å². The smallest absolute Gasteiger partial charge is 0.180 e. The molecule has 102 valence electrons. The summed E-state index contributed by atoms with van der Waals surface area (Å²) < 4.78 is 12.9. The van der Waals surface area contributed by atoms with Crippen LogP contribution in [0.15, 0.2) is 18.5 Å². The number of rotatable bonds is 3. The molecule has 0 unspecified atom stereocenters. The summed E-state index contributed by atoms with van der Waals surface area (Å²) in [5.74, 6) is 1.29. The molecule has 0 spiro atoms. The van der Waals surface area contributed by atoms with Gasteiger partial charge in [-0.05, 0) is 12.8 Å². The number of methoxy groups -OCH3 is 1. The SMILES string of the molecule is CNc1cc(OC)c2nc(C3CCOCC3)cn2c1. The van der Waals surface area contributed by atoms with Crippen LogP contribution in [0.4, 0.5) is 5.69 Å². The first-order valence-corrected chi connectivity index (χ1v) is 6.64. The van der Waals surface area contributed by atoms with E-state index in [0.717, 1.165) is 48.8 Å². The second kappa shape index (κ2) is 5.09. The first kappa shape index (κ1) is 12.3. The van der Waals surface area contributed by atoms with E-state index in [1.54, 1.807) is 7.11 Å². The summed E-state index contributed by atoms with van der Waals surface area (Å²) in [5, 5.41) is 3.13. The van der Waals surface area contributed by atoms with Crippen molar-refractivity contribution in [2.75, 3.05) is 32.7 Å². The first-order chi connectivity index (χ1) is 9.31. The number of nitrogens with one attached hydrogen (secondary N) is 1. The van der Waals surface area contributed by atoms with Gasteiger partial charge in [-0.3, -0.25) is 0 Å². The van der Waals surface area contributed by atoms with Crippen LogP contribution >= 0.6 is 0 Å². The second-order valence-corrected chi connectivity index (χ2v) is 4.83. The lowest BCUT2D eigenvalue weighted by Gasteiger charge is -2.19. The predicted molar refractivity (Wildman–Crippen MR) is 74.1 cm³/mol. The lowest BCUT2D eigenvalue weighted by Crippen LogP contribution is -2.14. The van der Waals surface area contributed by atoms with Gasteiger partial charge in [0.15, 0.2) is 11.4 Å². The highest BCUT2D eigenvalue weighted by Crippen LogP contribution is 2.30. The fourth-order valence-electron chi connectivity index (χ4n) is 2.56. The largest absolute Gasteiger partial charge is 0.493 e. The van der Waals surface area contributed by atoms with Crippen molar-refractivity contribution in [3.8, 4) is 5.75 Å². The van der Waals surface area contributed by atoms with E-state index in [9.17, 15) is 0 Å². The molecule has 5 heteroatoms. The van der Waals surface area contributed by atoms with Gasteiger partial charge in [-0.15, -0.1) is 0 Å². The predicted octanol–water partition coefficient (Wildman–Crippen LogP) is 2.28. The molecule has 19 heavy (non-hydrogen) atoms. The average Bonchev–Trinajstić information content (AvgIpc) is 2.91. The van der Waals surface area contributed by atoms with Gasteiger partial charge >= 0.3 is 0 Å². The fraction of sp³-hybridized carbons (Fsp3) is 0.500. The van der Waals surface area contributed by atoms with E-state index < -0.39 is 0 Å². The Morgan fingerprint density at radius 3 is 2.84 bits per heavy atom. The van der Waals surface area contributed by atoms with Gasteiger partial charge in [0.2, 0.25) is 0 Å². The van der Waals surface area contributed by atoms with Crippen LogP contribution in [0.5, 0.6) is 5.75 Å². The number of anilines is 1. The standard InChI is InChI=1S/C14H19N3O2/c1-15-11-7-13(18-2)14-16-12(9-17(14)8-11)10-3-5-19-6-4-10/h7-10,15H,3-6H2,1-2H3. The van der Waals surface area contributed by atoms with E-state index in [0.29, 0.717) is 5.92 Å². The summed E-state index contributed by atoms with van der Waals surface area (Å²) in [4.78, 5) is 4.74. The molecule has 1 fully saturated rings. The van der Waals surface area contributed by atoms with Crippen LogP contribution in [0.2, 0.25) is 0 Å². The number of hydrogen-bond donors (Lipinski definition) is 1. The summed E-state index contributed by atoms with van der Waals surface area (Å²) in [6.07, 6.45) is 6.23. The summed E-state index contributed by atoms with van der Waals surface area (Å²) in [6.45, 7) is 1.66. The number of aromatic nitrogens is 2. The number of imidazole rings is 1. The Morgan fingerprint density at radius 1 is 1.37 bits per heavy atom. The molecule has 0 aromatic carbocycles. The molecule has 5 nitrogen and oxygen atoms in total. The summed E-state index contributed by atoms with van der Waals surface area (Å²) in [5.41, 5.74) is 3.03. The van der Waals surface area contributed by atoms with Crippen molar-refractivity contribution in [2.24, 2.45) is 0 Å². The van der Waals surface area contributed by atoms with Gasteiger partial charge in [0, 0.05) is 44.6 Å². The summed E-state index contributed by atoms with van der Waals surface area (Å²) in [6, 6.07) is 1.97. The first-order valence-electron chi connectivity index (χ1n) is 6.64. The lowest BCUT2D eigenvalue weighted by atomic mass is 9.97.